The molecule has 2 aliphatic rings. The molecule has 2 fully saturated rings. The third-order valence-electron chi connectivity index (χ3n) is 5.14. The average molecular weight is 427 g/mol. The van der Waals surface area contributed by atoms with Crippen LogP contribution in [0.1, 0.15) is 29.9 Å². The van der Waals surface area contributed by atoms with Crippen LogP contribution in [0, 0.1) is 11.5 Å². The van der Waals surface area contributed by atoms with Gasteiger partial charge in [-0.15, -0.1) is 5.54 Å². The second kappa shape index (κ2) is 8.36. The monoisotopic (exact) mass is 426 g/mol. The van der Waals surface area contributed by atoms with E-state index in [0.717, 1.165) is 5.56 Å². The molecular weight excluding hydrogens is 400 g/mol. The van der Waals surface area contributed by atoms with E-state index >= 15 is 0 Å². The molecule has 1 aromatic carbocycles. The zero-order chi connectivity index (χ0) is 21.3. The summed E-state index contributed by atoms with van der Waals surface area (Å²) in [6.07, 6.45) is 1.30. The predicted molar refractivity (Wildman–Crippen MR) is 115 cm³/mol. The van der Waals surface area contributed by atoms with Crippen molar-refractivity contribution >= 4 is 8.07 Å². The molecule has 0 unspecified atom stereocenters. The highest BCUT2D eigenvalue weighted by atomic mass is 28.3. The first kappa shape index (κ1) is 20.8. The molecule has 0 saturated carbocycles. The van der Waals surface area contributed by atoms with E-state index in [4.69, 9.17) is 14.2 Å². The van der Waals surface area contributed by atoms with Gasteiger partial charge in [0.2, 0.25) is 0 Å². The van der Waals surface area contributed by atoms with Gasteiger partial charge in [0.1, 0.15) is 19.7 Å². The molecule has 0 amide bonds. The van der Waals surface area contributed by atoms with Gasteiger partial charge in [0.05, 0.1) is 25.4 Å². The summed E-state index contributed by atoms with van der Waals surface area (Å²) in [4.78, 5) is 27.1. The average Bonchev–Trinajstić information content (AvgIpc) is 2.72. The molecule has 0 radical (unpaired) electrons. The van der Waals surface area contributed by atoms with E-state index in [1.54, 1.807) is 6.20 Å². The molecule has 0 spiro atoms. The number of nitrogens with one attached hydrogen (secondary N) is 1. The lowest BCUT2D eigenvalue weighted by Gasteiger charge is -2.42. The van der Waals surface area contributed by atoms with E-state index in [-0.39, 0.29) is 18.2 Å². The zero-order valence-electron chi connectivity index (χ0n) is 17.4. The lowest BCUT2D eigenvalue weighted by molar-refractivity contribution is -0.282. The summed E-state index contributed by atoms with van der Waals surface area (Å²) in [6.45, 7) is 7.09. The Hall–Kier alpha value is -2.44. The van der Waals surface area contributed by atoms with Gasteiger partial charge in [-0.2, -0.15) is 0 Å². The first-order valence-electron chi connectivity index (χ1n) is 10.1. The van der Waals surface area contributed by atoms with E-state index in [1.807, 2.05) is 30.3 Å². The number of aromatic amines is 1. The third kappa shape index (κ3) is 4.65. The summed E-state index contributed by atoms with van der Waals surface area (Å²) in [6, 6.07) is 9.50. The molecule has 0 aliphatic carbocycles. The predicted octanol–water partition coefficient (Wildman–Crippen LogP) is 2.21. The number of fused-ring (bicyclic) bond motifs is 1. The summed E-state index contributed by atoms with van der Waals surface area (Å²) in [5, 5.41) is 0. The fourth-order valence-electron chi connectivity index (χ4n) is 3.59. The molecule has 158 valence electrons. The van der Waals surface area contributed by atoms with Gasteiger partial charge in [0.25, 0.3) is 5.56 Å². The van der Waals surface area contributed by atoms with Crippen molar-refractivity contribution in [1.29, 1.82) is 0 Å². The van der Waals surface area contributed by atoms with Crippen LogP contribution < -0.4 is 11.2 Å². The lowest BCUT2D eigenvalue weighted by Crippen LogP contribution is -2.49. The maximum Gasteiger partial charge on any atom is 0.328 e. The molecule has 0 bridgehead atoms. The van der Waals surface area contributed by atoms with Crippen LogP contribution in [-0.2, 0) is 14.2 Å². The van der Waals surface area contributed by atoms with Gasteiger partial charge in [-0.25, -0.2) is 4.79 Å². The Balaban J connectivity index is 1.56. The highest BCUT2D eigenvalue weighted by Gasteiger charge is 2.39. The minimum Gasteiger partial charge on any atom is -0.371 e. The minimum absolute atomic E-state index is 0.175. The first-order chi connectivity index (χ1) is 14.3. The highest BCUT2D eigenvalue weighted by molar-refractivity contribution is 6.83. The Labute approximate surface area is 176 Å². The molecule has 4 atom stereocenters. The van der Waals surface area contributed by atoms with E-state index in [2.05, 4.69) is 36.1 Å². The molecule has 2 aliphatic heterocycles. The van der Waals surface area contributed by atoms with Crippen molar-refractivity contribution in [1.82, 2.24) is 9.55 Å². The second-order valence-electron chi connectivity index (χ2n) is 8.72. The van der Waals surface area contributed by atoms with Gasteiger partial charge < -0.3 is 14.2 Å². The molecular formula is C22H26N2O5Si. The molecule has 2 saturated heterocycles. The maximum absolute atomic E-state index is 12.5. The zero-order valence-corrected chi connectivity index (χ0v) is 18.4. The minimum atomic E-state index is -1.66. The number of H-pyrrole nitrogens is 1. The Morgan fingerprint density at radius 1 is 1.07 bits per heavy atom. The Kier molecular flexibility index (Phi) is 5.80. The molecule has 8 heteroatoms. The number of hydrogen-bond donors (Lipinski definition) is 1. The summed E-state index contributed by atoms with van der Waals surface area (Å²) in [5.41, 5.74) is 3.51. The molecule has 3 heterocycles. The molecule has 1 aromatic heterocycles. The summed E-state index contributed by atoms with van der Waals surface area (Å²) in [5.74, 6) is 2.96. The van der Waals surface area contributed by atoms with Gasteiger partial charge in [0.15, 0.2) is 6.29 Å². The van der Waals surface area contributed by atoms with Gasteiger partial charge in [-0.1, -0.05) is 55.9 Å². The fourth-order valence-corrected chi connectivity index (χ4v) is 4.10. The van der Waals surface area contributed by atoms with Crippen LogP contribution in [0.5, 0.6) is 0 Å². The first-order valence-corrected chi connectivity index (χ1v) is 13.6. The number of hydrogen-bond acceptors (Lipinski definition) is 5. The van der Waals surface area contributed by atoms with E-state index in [1.165, 1.54) is 4.57 Å². The Morgan fingerprint density at radius 2 is 1.83 bits per heavy atom. The van der Waals surface area contributed by atoms with Crippen LogP contribution in [0.4, 0.5) is 0 Å². The van der Waals surface area contributed by atoms with Crippen LogP contribution in [-0.4, -0.2) is 43.0 Å². The van der Waals surface area contributed by atoms with Crippen LogP contribution in [0.3, 0.4) is 0 Å². The Morgan fingerprint density at radius 3 is 2.57 bits per heavy atom. The van der Waals surface area contributed by atoms with Crippen molar-refractivity contribution in [3.8, 4) is 11.5 Å². The number of ether oxygens (including phenoxy) is 3. The molecule has 30 heavy (non-hydrogen) atoms. The highest BCUT2D eigenvalue weighted by Crippen LogP contribution is 2.34. The van der Waals surface area contributed by atoms with Crippen LogP contribution in [0.25, 0.3) is 0 Å². The van der Waals surface area contributed by atoms with Crippen LogP contribution in [0.2, 0.25) is 19.6 Å². The molecule has 4 rings (SSSR count). The van der Waals surface area contributed by atoms with Crippen LogP contribution >= 0.6 is 0 Å². The van der Waals surface area contributed by atoms with Crippen molar-refractivity contribution in [2.45, 2.75) is 50.6 Å². The maximum atomic E-state index is 12.5. The van der Waals surface area contributed by atoms with Gasteiger partial charge in [0, 0.05) is 11.8 Å². The quantitative estimate of drug-likeness (QED) is 0.588. The smallest absolute Gasteiger partial charge is 0.328 e. The molecule has 1 N–H and O–H groups in total. The second-order valence-corrected chi connectivity index (χ2v) is 13.5. The van der Waals surface area contributed by atoms with Crippen molar-refractivity contribution in [2.24, 2.45) is 0 Å². The Bertz CT molecular complexity index is 1080. The summed E-state index contributed by atoms with van der Waals surface area (Å²) >= 11 is 0. The number of nitrogens with zero attached hydrogens (tertiary/aromatic N) is 1. The SMILES string of the molecule is C[Si](C)(C)C#Cc1cn([C@@H]2CO[C@@H]3CO[C@@H](c4ccccc4)O[C@H]3C2)c(=O)[nH]c1=O. The molecule has 7 nitrogen and oxygen atoms in total. The van der Waals surface area contributed by atoms with Crippen molar-refractivity contribution in [3.05, 3.63) is 68.5 Å². The van der Waals surface area contributed by atoms with Crippen molar-refractivity contribution in [3.63, 3.8) is 0 Å². The summed E-state index contributed by atoms with van der Waals surface area (Å²) < 4.78 is 19.4. The number of aromatic nitrogens is 2. The van der Waals surface area contributed by atoms with Crippen molar-refractivity contribution < 1.29 is 14.2 Å². The number of benzene rings is 1. The fraction of sp³-hybridized carbons (Fsp3) is 0.455. The normalized spacial score (nSPS) is 26.4. The summed E-state index contributed by atoms with van der Waals surface area (Å²) in [7, 11) is -1.66. The van der Waals surface area contributed by atoms with Crippen molar-refractivity contribution in [2.75, 3.05) is 13.2 Å². The van der Waals surface area contributed by atoms with E-state index in [9.17, 15) is 9.59 Å². The van der Waals surface area contributed by atoms with Gasteiger partial charge >= 0.3 is 5.69 Å². The molecule has 2 aromatic rings. The standard InChI is InChI=1S/C22H26N2O5Si/c1-30(2,3)10-9-16-12-24(22(26)23-20(16)25)17-11-18-19(27-13-17)14-28-21(29-18)15-7-5-4-6-8-15/h4-8,12,17-19,21H,11,13-14H2,1-3H3,(H,23,25,26)/t17-,18-,19+,21+/m0/s1. The van der Waals surface area contributed by atoms with Crippen LogP contribution in [0.15, 0.2) is 46.1 Å². The third-order valence-corrected chi connectivity index (χ3v) is 6.01. The van der Waals surface area contributed by atoms with Gasteiger partial charge in [-0.3, -0.25) is 14.3 Å². The van der Waals surface area contributed by atoms with E-state index in [0.29, 0.717) is 25.2 Å². The van der Waals surface area contributed by atoms with Gasteiger partial charge in [-0.05, 0) is 6.42 Å². The topological polar surface area (TPSA) is 82.6 Å². The number of rotatable bonds is 2. The lowest BCUT2D eigenvalue weighted by atomic mass is 10.00. The van der Waals surface area contributed by atoms with E-state index < -0.39 is 25.6 Å². The largest absolute Gasteiger partial charge is 0.371 e.